The van der Waals surface area contributed by atoms with Gasteiger partial charge in [0.25, 0.3) is 5.91 Å². The number of hydrogen-bond acceptors (Lipinski definition) is 2. The molecule has 1 amide bonds. The molecular formula is C18H13ClN2OS. The highest BCUT2D eigenvalue weighted by Gasteiger charge is 2.12. The maximum Gasteiger partial charge on any atom is 0.279 e. The quantitative estimate of drug-likeness (QED) is 0.648. The zero-order chi connectivity index (χ0) is 16.4. The van der Waals surface area contributed by atoms with E-state index in [9.17, 15) is 4.79 Å². The van der Waals surface area contributed by atoms with Crippen LogP contribution in [0.2, 0.25) is 5.02 Å². The fourth-order valence-corrected chi connectivity index (χ4v) is 3.76. The van der Waals surface area contributed by atoms with E-state index in [-0.39, 0.29) is 5.91 Å². The summed E-state index contributed by atoms with van der Waals surface area (Å²) >= 11 is 7.68. The number of rotatable bonds is 2. The second-order valence-electron chi connectivity index (χ2n) is 4.99. The van der Waals surface area contributed by atoms with E-state index in [2.05, 4.69) is 10.9 Å². The van der Waals surface area contributed by atoms with E-state index in [0.29, 0.717) is 21.9 Å². The highest BCUT2D eigenvalue weighted by atomic mass is 35.5. The Labute approximate surface area is 142 Å². The van der Waals surface area contributed by atoms with Crippen LogP contribution >= 0.6 is 22.9 Å². The van der Waals surface area contributed by atoms with Crippen molar-refractivity contribution in [2.75, 3.05) is 0 Å². The molecule has 3 aromatic rings. The van der Waals surface area contributed by atoms with Gasteiger partial charge in [-0.2, -0.15) is 4.99 Å². The second-order valence-corrected chi connectivity index (χ2v) is 6.41. The Balaban J connectivity index is 2.22. The van der Waals surface area contributed by atoms with E-state index >= 15 is 0 Å². The molecule has 0 N–H and O–H groups in total. The molecular weight excluding hydrogens is 328 g/mol. The molecule has 0 bridgehead atoms. The highest BCUT2D eigenvalue weighted by Crippen LogP contribution is 2.25. The van der Waals surface area contributed by atoms with Crippen molar-refractivity contribution in [2.24, 2.45) is 4.99 Å². The summed E-state index contributed by atoms with van der Waals surface area (Å²) in [5.74, 6) is 2.31. The lowest BCUT2D eigenvalue weighted by atomic mass is 10.1. The summed E-state index contributed by atoms with van der Waals surface area (Å²) in [7, 11) is 0. The molecule has 0 fully saturated rings. The maximum atomic E-state index is 12.5. The molecule has 0 unspecified atom stereocenters. The summed E-state index contributed by atoms with van der Waals surface area (Å²) in [6, 6.07) is 13.0. The minimum absolute atomic E-state index is 0.281. The Morgan fingerprint density at radius 3 is 2.83 bits per heavy atom. The minimum Gasteiger partial charge on any atom is -0.303 e. The van der Waals surface area contributed by atoms with Gasteiger partial charge in [0.05, 0.1) is 21.8 Å². The average Bonchev–Trinajstić information content (AvgIpc) is 2.87. The van der Waals surface area contributed by atoms with Crippen LogP contribution in [0, 0.1) is 19.3 Å². The van der Waals surface area contributed by atoms with E-state index < -0.39 is 0 Å². The van der Waals surface area contributed by atoms with Gasteiger partial charge in [-0.15, -0.1) is 6.42 Å². The number of carbonyl (C=O) groups excluding carboxylic acids is 1. The summed E-state index contributed by atoms with van der Waals surface area (Å²) in [6.45, 7) is 2.20. The molecule has 0 spiro atoms. The van der Waals surface area contributed by atoms with E-state index in [1.807, 2.05) is 37.3 Å². The first kappa shape index (κ1) is 15.5. The number of amides is 1. The van der Waals surface area contributed by atoms with Crippen molar-refractivity contribution in [1.82, 2.24) is 4.57 Å². The number of hydrogen-bond donors (Lipinski definition) is 0. The first-order chi connectivity index (χ1) is 11.1. The molecule has 0 saturated carbocycles. The van der Waals surface area contributed by atoms with Gasteiger partial charge in [-0.3, -0.25) is 4.79 Å². The van der Waals surface area contributed by atoms with E-state index in [0.717, 1.165) is 15.8 Å². The normalized spacial score (nSPS) is 11.6. The molecule has 2 aromatic carbocycles. The Kier molecular flexibility index (Phi) is 4.33. The fourth-order valence-electron chi connectivity index (χ4n) is 2.37. The smallest absolute Gasteiger partial charge is 0.279 e. The van der Waals surface area contributed by atoms with Crippen molar-refractivity contribution in [2.45, 2.75) is 13.5 Å². The number of aromatic nitrogens is 1. The summed E-state index contributed by atoms with van der Waals surface area (Å²) in [4.78, 5) is 17.3. The van der Waals surface area contributed by atoms with Crippen molar-refractivity contribution in [3.63, 3.8) is 0 Å². The van der Waals surface area contributed by atoms with Gasteiger partial charge in [0.1, 0.15) is 0 Å². The molecule has 3 nitrogen and oxygen atoms in total. The van der Waals surface area contributed by atoms with Crippen LogP contribution in [0.15, 0.2) is 47.5 Å². The molecule has 0 saturated heterocycles. The molecule has 1 aromatic heterocycles. The minimum atomic E-state index is -0.281. The largest absolute Gasteiger partial charge is 0.303 e. The summed E-state index contributed by atoms with van der Waals surface area (Å²) in [6.07, 6.45) is 5.46. The van der Waals surface area contributed by atoms with Crippen LogP contribution in [0.5, 0.6) is 0 Å². The van der Waals surface area contributed by atoms with Crippen LogP contribution in [0.3, 0.4) is 0 Å². The van der Waals surface area contributed by atoms with Gasteiger partial charge in [0, 0.05) is 5.56 Å². The average molecular weight is 341 g/mol. The number of terminal acetylenes is 1. The number of halogens is 1. The van der Waals surface area contributed by atoms with Crippen molar-refractivity contribution in [1.29, 1.82) is 0 Å². The molecule has 0 aliphatic carbocycles. The SMILES string of the molecule is C#CCn1c(=NC(=O)c2ccccc2C)sc2cccc(Cl)c21. The van der Waals surface area contributed by atoms with Crippen LogP contribution in [-0.4, -0.2) is 10.5 Å². The third-order valence-corrected chi connectivity index (χ3v) is 4.82. The lowest BCUT2D eigenvalue weighted by Crippen LogP contribution is -2.17. The van der Waals surface area contributed by atoms with Crippen LogP contribution in [-0.2, 0) is 6.54 Å². The number of fused-ring (bicyclic) bond motifs is 1. The second kappa shape index (κ2) is 6.41. The van der Waals surface area contributed by atoms with Crippen molar-refractivity contribution in [3.8, 4) is 12.3 Å². The molecule has 0 aliphatic rings. The fraction of sp³-hybridized carbons (Fsp3) is 0.111. The topological polar surface area (TPSA) is 34.4 Å². The van der Waals surface area contributed by atoms with Gasteiger partial charge in [-0.05, 0) is 30.7 Å². The number of thiazole rings is 1. The number of aryl methyl sites for hydroxylation is 1. The first-order valence-corrected chi connectivity index (χ1v) is 8.17. The Morgan fingerprint density at radius 1 is 1.30 bits per heavy atom. The van der Waals surface area contributed by atoms with Gasteiger partial charge in [0.15, 0.2) is 4.80 Å². The predicted molar refractivity (Wildman–Crippen MR) is 94.7 cm³/mol. The van der Waals surface area contributed by atoms with Crippen LogP contribution in [0.25, 0.3) is 10.2 Å². The third kappa shape index (κ3) is 2.94. The van der Waals surface area contributed by atoms with Crippen LogP contribution in [0.4, 0.5) is 0 Å². The standard InChI is InChI=1S/C18H13ClN2OS/c1-3-11-21-16-14(19)9-6-10-15(16)23-18(21)20-17(22)13-8-5-4-7-12(13)2/h1,4-10H,11H2,2H3. The number of benzene rings is 2. The van der Waals surface area contributed by atoms with Gasteiger partial charge in [-0.1, -0.05) is 53.1 Å². The monoisotopic (exact) mass is 340 g/mol. The molecule has 0 radical (unpaired) electrons. The lowest BCUT2D eigenvalue weighted by molar-refractivity contribution is 0.0997. The molecule has 0 aliphatic heterocycles. The van der Waals surface area contributed by atoms with Gasteiger partial charge in [0.2, 0.25) is 0 Å². The Bertz CT molecular complexity index is 1010. The number of para-hydroxylation sites is 1. The Hall–Kier alpha value is -2.35. The molecule has 3 rings (SSSR count). The van der Waals surface area contributed by atoms with E-state index in [1.54, 1.807) is 16.7 Å². The van der Waals surface area contributed by atoms with Crippen molar-refractivity contribution in [3.05, 3.63) is 63.4 Å². The molecule has 5 heteroatoms. The molecule has 23 heavy (non-hydrogen) atoms. The van der Waals surface area contributed by atoms with E-state index in [4.69, 9.17) is 18.0 Å². The molecule has 0 atom stereocenters. The Morgan fingerprint density at radius 2 is 2.09 bits per heavy atom. The van der Waals surface area contributed by atoms with Crippen molar-refractivity contribution >= 4 is 39.1 Å². The molecule has 114 valence electrons. The maximum absolute atomic E-state index is 12.5. The number of carbonyl (C=O) groups is 1. The first-order valence-electron chi connectivity index (χ1n) is 6.98. The van der Waals surface area contributed by atoms with Crippen molar-refractivity contribution < 1.29 is 4.79 Å². The van der Waals surface area contributed by atoms with Gasteiger partial charge >= 0.3 is 0 Å². The zero-order valence-electron chi connectivity index (χ0n) is 12.4. The lowest BCUT2D eigenvalue weighted by Gasteiger charge is -2.02. The highest BCUT2D eigenvalue weighted by molar-refractivity contribution is 7.16. The summed E-state index contributed by atoms with van der Waals surface area (Å²) < 4.78 is 2.75. The third-order valence-electron chi connectivity index (χ3n) is 3.47. The van der Waals surface area contributed by atoms with Crippen LogP contribution in [0.1, 0.15) is 15.9 Å². The summed E-state index contributed by atoms with van der Waals surface area (Å²) in [5, 5.41) is 0.596. The van der Waals surface area contributed by atoms with Gasteiger partial charge < -0.3 is 4.57 Å². The zero-order valence-corrected chi connectivity index (χ0v) is 14.0. The predicted octanol–water partition coefficient (Wildman–Crippen LogP) is 4.04. The number of nitrogens with zero attached hydrogens (tertiary/aromatic N) is 2. The summed E-state index contributed by atoms with van der Waals surface area (Å²) in [5.41, 5.74) is 2.29. The van der Waals surface area contributed by atoms with E-state index in [1.165, 1.54) is 11.3 Å². The molecule has 1 heterocycles. The van der Waals surface area contributed by atoms with Gasteiger partial charge in [-0.25, -0.2) is 0 Å². The van der Waals surface area contributed by atoms with Crippen LogP contribution < -0.4 is 4.80 Å².